The number of nitrogens with one attached hydrogen (secondary N) is 1. The van der Waals surface area contributed by atoms with E-state index < -0.39 is 10.0 Å². The Hall–Kier alpha value is -4.26. The molecule has 11 nitrogen and oxygen atoms in total. The van der Waals surface area contributed by atoms with Crippen LogP contribution in [0.1, 0.15) is 65.7 Å². The fourth-order valence-electron chi connectivity index (χ4n) is 8.36. The molecule has 3 fully saturated rings. The minimum atomic E-state index is -4.16. The zero-order valence-corrected chi connectivity index (χ0v) is 31.2. The van der Waals surface area contributed by atoms with Gasteiger partial charge in [-0.25, -0.2) is 18.1 Å². The molecule has 0 unspecified atom stereocenters. The van der Waals surface area contributed by atoms with E-state index in [1.54, 1.807) is 18.2 Å². The van der Waals surface area contributed by atoms with Gasteiger partial charge in [0.15, 0.2) is 0 Å². The molecule has 1 N–H and O–H groups in total. The Bertz CT molecular complexity index is 2020. The number of halogens is 1. The van der Waals surface area contributed by atoms with Gasteiger partial charge in [0.2, 0.25) is 11.8 Å². The molecule has 1 amide bonds. The largest absolute Gasteiger partial charge is 0.475 e. The van der Waals surface area contributed by atoms with E-state index in [-0.39, 0.29) is 59.8 Å². The van der Waals surface area contributed by atoms with Crippen molar-refractivity contribution in [2.75, 3.05) is 42.5 Å². The summed E-state index contributed by atoms with van der Waals surface area (Å²) in [6, 6.07) is 17.6. The number of carbonyl (C=O) groups excluding carboxylic acids is 1. The number of amides is 1. The van der Waals surface area contributed by atoms with Gasteiger partial charge in [-0.1, -0.05) is 30.7 Å². The normalized spacial score (nSPS) is 20.9. The number of fused-ring (bicyclic) bond motifs is 4. The molecule has 4 aromatic rings. The molecule has 0 radical (unpaired) electrons. The molecule has 2 aromatic heterocycles. The monoisotopic (exact) mass is 744 g/mol. The van der Waals surface area contributed by atoms with Gasteiger partial charge in [0.25, 0.3) is 15.9 Å². The van der Waals surface area contributed by atoms with Crippen LogP contribution in [0.3, 0.4) is 0 Å². The van der Waals surface area contributed by atoms with E-state index in [0.29, 0.717) is 30.2 Å². The highest BCUT2D eigenvalue weighted by molar-refractivity contribution is 7.92. The Kier molecular flexibility index (Phi) is 10.2. The van der Waals surface area contributed by atoms with Crippen LogP contribution in [0.2, 0.25) is 0 Å². The van der Waals surface area contributed by atoms with E-state index in [0.717, 1.165) is 60.4 Å². The summed E-state index contributed by atoms with van der Waals surface area (Å²) >= 11 is 0. The van der Waals surface area contributed by atoms with Gasteiger partial charge in [-0.15, -0.1) is 12.4 Å². The van der Waals surface area contributed by atoms with E-state index in [9.17, 15) is 13.2 Å². The average Bonchev–Trinajstić information content (AvgIpc) is 3.09. The molecular formula is C39H45ClN6O5S. The lowest BCUT2D eigenvalue weighted by Gasteiger charge is -2.55. The number of hydrogen-bond acceptors (Lipinski definition) is 9. The number of carbonyl (C=O) groups is 1. The quantitative estimate of drug-likeness (QED) is 0.233. The van der Waals surface area contributed by atoms with Crippen molar-refractivity contribution in [1.82, 2.24) is 19.9 Å². The van der Waals surface area contributed by atoms with Crippen LogP contribution in [-0.4, -0.2) is 73.1 Å². The third kappa shape index (κ3) is 7.33. The maximum atomic E-state index is 14.6. The Balaban J connectivity index is 0.00000420. The number of benzene rings is 2. The van der Waals surface area contributed by atoms with E-state index in [1.165, 1.54) is 31.4 Å². The lowest BCUT2D eigenvalue weighted by atomic mass is 9.51. The van der Waals surface area contributed by atoms with Gasteiger partial charge in [-0.3, -0.25) is 9.78 Å². The SMILES string of the molecule is Cc1cccc(C)c1-c1cc2nc(n1)NS(=O)(=O)c1cccc(c1)C(=O)N(Cc1ccc(N3CCOCC3)cn1)[C@H](CC1CC3(CCC3)C1)CO2.Cl. The molecule has 274 valence electrons. The molecule has 1 spiro atoms. The number of nitrogens with zero attached hydrogens (tertiary/aromatic N) is 5. The van der Waals surface area contributed by atoms with Crippen molar-refractivity contribution in [3.05, 3.63) is 89.2 Å². The Morgan fingerprint density at radius 1 is 0.962 bits per heavy atom. The molecule has 4 heterocycles. The Morgan fingerprint density at radius 3 is 2.40 bits per heavy atom. The molecule has 8 rings (SSSR count). The number of aryl methyl sites for hydroxylation is 2. The molecule has 2 aliphatic heterocycles. The standard InChI is InChI=1S/C39H44N6O5S.ClH/c1-26-6-3-7-27(2)36(26)34-20-35-42-38(41-34)43-51(47,48)33-9-4-8-29(19-33)37(46)45(32(25-50-35)18-28-21-39(22-28)12-5-13-39)24-30-10-11-31(23-40-30)44-14-16-49-17-15-44;/h3-4,6-11,19-20,23,28,32H,5,12-18,21-22,24-25H2,1-2H3,(H,41,42,43);1H/t32-;/m1./s1. The predicted octanol–water partition coefficient (Wildman–Crippen LogP) is 6.59. The smallest absolute Gasteiger partial charge is 0.264 e. The van der Waals surface area contributed by atoms with Crippen LogP contribution >= 0.6 is 12.4 Å². The van der Waals surface area contributed by atoms with Crippen molar-refractivity contribution in [2.24, 2.45) is 11.3 Å². The molecule has 1 atom stereocenters. The lowest BCUT2D eigenvalue weighted by Crippen LogP contribution is -2.49. The molecule has 13 heteroatoms. The van der Waals surface area contributed by atoms with E-state index in [2.05, 4.69) is 19.6 Å². The first kappa shape index (κ1) is 36.1. The van der Waals surface area contributed by atoms with Crippen LogP contribution in [0, 0.1) is 25.2 Å². The fourth-order valence-corrected chi connectivity index (χ4v) is 9.35. The summed E-state index contributed by atoms with van der Waals surface area (Å²) in [4.78, 5) is 32.6. The molecule has 2 aromatic carbocycles. The van der Waals surface area contributed by atoms with Gasteiger partial charge < -0.3 is 19.3 Å². The third-order valence-electron chi connectivity index (χ3n) is 11.2. The van der Waals surface area contributed by atoms with Crippen molar-refractivity contribution in [3.63, 3.8) is 0 Å². The van der Waals surface area contributed by atoms with Crippen molar-refractivity contribution in [3.8, 4) is 17.1 Å². The maximum absolute atomic E-state index is 14.6. The van der Waals surface area contributed by atoms with Crippen LogP contribution in [0.25, 0.3) is 11.3 Å². The number of rotatable bonds is 6. The van der Waals surface area contributed by atoms with Crippen LogP contribution in [0.15, 0.2) is 71.8 Å². The van der Waals surface area contributed by atoms with E-state index in [1.807, 2.05) is 55.3 Å². The number of pyridine rings is 1. The molecule has 52 heavy (non-hydrogen) atoms. The molecule has 2 aliphatic carbocycles. The van der Waals surface area contributed by atoms with Crippen molar-refractivity contribution in [1.29, 1.82) is 0 Å². The van der Waals surface area contributed by atoms with Crippen molar-refractivity contribution >= 4 is 40.0 Å². The summed E-state index contributed by atoms with van der Waals surface area (Å²) in [6.45, 7) is 7.38. The zero-order chi connectivity index (χ0) is 35.2. The minimum absolute atomic E-state index is 0. The highest BCUT2D eigenvalue weighted by Crippen LogP contribution is 2.59. The summed E-state index contributed by atoms with van der Waals surface area (Å²) in [5.74, 6) is 0.331. The number of hydrogen-bond donors (Lipinski definition) is 1. The highest BCUT2D eigenvalue weighted by atomic mass is 35.5. The first-order valence-corrected chi connectivity index (χ1v) is 19.4. The maximum Gasteiger partial charge on any atom is 0.264 e. The van der Waals surface area contributed by atoms with E-state index >= 15 is 0 Å². The van der Waals surface area contributed by atoms with Crippen LogP contribution in [-0.2, 0) is 21.3 Å². The first-order valence-electron chi connectivity index (χ1n) is 17.9. The van der Waals surface area contributed by atoms with Crippen molar-refractivity contribution < 1.29 is 22.7 Å². The fraction of sp³-hybridized carbons (Fsp3) is 0.436. The molecule has 4 aliphatic rings. The third-order valence-corrected chi connectivity index (χ3v) is 12.5. The average molecular weight is 745 g/mol. The Morgan fingerprint density at radius 2 is 1.71 bits per heavy atom. The van der Waals surface area contributed by atoms with Gasteiger partial charge in [0.05, 0.1) is 54.0 Å². The molecular weight excluding hydrogens is 700 g/mol. The summed E-state index contributed by atoms with van der Waals surface area (Å²) in [7, 11) is -4.16. The summed E-state index contributed by atoms with van der Waals surface area (Å²) < 4.78 is 42.1. The number of aromatic nitrogens is 3. The predicted molar refractivity (Wildman–Crippen MR) is 201 cm³/mol. The van der Waals surface area contributed by atoms with Crippen LogP contribution in [0.5, 0.6) is 5.88 Å². The second-order valence-corrected chi connectivity index (χ2v) is 16.4. The van der Waals surface area contributed by atoms with Crippen LogP contribution in [0.4, 0.5) is 11.6 Å². The van der Waals surface area contributed by atoms with Crippen molar-refractivity contribution in [2.45, 2.75) is 69.9 Å². The second-order valence-electron chi connectivity index (χ2n) is 14.7. The van der Waals surface area contributed by atoms with Gasteiger partial charge >= 0.3 is 0 Å². The number of anilines is 2. The number of ether oxygens (including phenoxy) is 2. The van der Waals surface area contributed by atoms with Crippen LogP contribution < -0.4 is 14.4 Å². The van der Waals surface area contributed by atoms with Gasteiger partial charge in [0, 0.05) is 30.3 Å². The Labute approximate surface area is 311 Å². The summed E-state index contributed by atoms with van der Waals surface area (Å²) in [6.07, 6.45) is 8.80. The first-order chi connectivity index (χ1) is 24.6. The molecule has 1 saturated heterocycles. The minimum Gasteiger partial charge on any atom is -0.475 e. The topological polar surface area (TPSA) is 127 Å². The number of sulfonamides is 1. The highest BCUT2D eigenvalue weighted by Gasteiger charge is 2.49. The van der Waals surface area contributed by atoms with Gasteiger partial charge in [0.1, 0.15) is 6.61 Å². The second kappa shape index (κ2) is 14.6. The zero-order valence-electron chi connectivity index (χ0n) is 29.6. The lowest BCUT2D eigenvalue weighted by molar-refractivity contribution is -0.0404. The molecule has 4 bridgehead atoms. The number of morpholine rings is 1. The van der Waals surface area contributed by atoms with Gasteiger partial charge in [-0.05, 0) is 98.7 Å². The summed E-state index contributed by atoms with van der Waals surface area (Å²) in [5, 5.41) is 0. The summed E-state index contributed by atoms with van der Waals surface area (Å²) in [5.41, 5.74) is 5.94. The molecule has 2 saturated carbocycles. The van der Waals surface area contributed by atoms with E-state index in [4.69, 9.17) is 14.5 Å². The van der Waals surface area contributed by atoms with Gasteiger partial charge in [-0.2, -0.15) is 4.98 Å².